The molecule has 2 rings (SSSR count). The molecule has 0 aliphatic heterocycles. The lowest BCUT2D eigenvalue weighted by Gasteiger charge is -2.21. The first kappa shape index (κ1) is 21.4. The number of methoxy groups -OCH3 is 1. The van der Waals surface area contributed by atoms with Crippen LogP contribution in [0.5, 0.6) is 0 Å². The third kappa shape index (κ3) is 5.10. The van der Waals surface area contributed by atoms with Crippen LogP contribution in [0.3, 0.4) is 0 Å². The fourth-order valence-electron chi connectivity index (χ4n) is 2.59. The Balaban J connectivity index is 2.35. The highest BCUT2D eigenvalue weighted by molar-refractivity contribution is 8.00. The number of thioether (sulfide) groups is 1. The first-order chi connectivity index (χ1) is 13.4. The Morgan fingerprint density at radius 3 is 2.79 bits per heavy atom. The molecule has 1 amide bonds. The van der Waals surface area contributed by atoms with Crippen molar-refractivity contribution in [2.24, 2.45) is 0 Å². The molecule has 0 bridgehead atoms. The normalized spacial score (nSPS) is 11.6. The number of ether oxygens (including phenoxy) is 1. The number of esters is 1. The maximum atomic E-state index is 12.9. The highest BCUT2D eigenvalue weighted by atomic mass is 32.2. The summed E-state index contributed by atoms with van der Waals surface area (Å²) >= 11 is 1.15. The van der Waals surface area contributed by atoms with E-state index in [1.165, 1.54) is 16.6 Å². The van der Waals surface area contributed by atoms with Gasteiger partial charge in [0, 0.05) is 20.1 Å². The van der Waals surface area contributed by atoms with Crippen molar-refractivity contribution in [1.29, 1.82) is 5.26 Å². The van der Waals surface area contributed by atoms with Crippen LogP contribution in [0.4, 0.5) is 0 Å². The molecule has 0 spiro atoms. The standard InChI is InChI=1S/C19H22N4O4S/c1-13(17(25)22(2)11-6-10-20)28-19-21-15-8-5-4-7-14(15)18(26)23(19)12-9-16(24)27-3/h4-5,7-8,13H,6,9,11-12H2,1-3H3/t13-/m1/s1. The van der Waals surface area contributed by atoms with Gasteiger partial charge in [0.15, 0.2) is 5.16 Å². The van der Waals surface area contributed by atoms with E-state index >= 15 is 0 Å². The van der Waals surface area contributed by atoms with Crippen LogP contribution < -0.4 is 5.56 Å². The largest absolute Gasteiger partial charge is 0.469 e. The second-order valence-electron chi connectivity index (χ2n) is 6.12. The summed E-state index contributed by atoms with van der Waals surface area (Å²) in [4.78, 5) is 43.0. The van der Waals surface area contributed by atoms with Crippen molar-refractivity contribution in [3.05, 3.63) is 34.6 Å². The van der Waals surface area contributed by atoms with E-state index in [9.17, 15) is 14.4 Å². The molecule has 0 saturated carbocycles. The van der Waals surface area contributed by atoms with Gasteiger partial charge in [-0.3, -0.25) is 19.0 Å². The molecule has 148 valence electrons. The fourth-order valence-corrected chi connectivity index (χ4v) is 3.64. The van der Waals surface area contributed by atoms with E-state index < -0.39 is 11.2 Å². The molecule has 0 unspecified atom stereocenters. The SMILES string of the molecule is COC(=O)CCn1c(S[C@H](C)C(=O)N(C)CCC#N)nc2ccccc2c1=O. The van der Waals surface area contributed by atoms with Gasteiger partial charge in [-0.15, -0.1) is 0 Å². The molecule has 1 aromatic carbocycles. The predicted molar refractivity (Wildman–Crippen MR) is 106 cm³/mol. The van der Waals surface area contributed by atoms with Crippen molar-refractivity contribution in [3.63, 3.8) is 0 Å². The molecule has 0 N–H and O–H groups in total. The molecule has 8 nitrogen and oxygen atoms in total. The summed E-state index contributed by atoms with van der Waals surface area (Å²) in [6, 6.07) is 8.95. The summed E-state index contributed by atoms with van der Waals surface area (Å²) in [6.45, 7) is 2.17. The average molecular weight is 402 g/mol. The zero-order valence-electron chi connectivity index (χ0n) is 16.0. The van der Waals surface area contributed by atoms with Gasteiger partial charge in [0.05, 0.1) is 42.2 Å². The van der Waals surface area contributed by atoms with Gasteiger partial charge >= 0.3 is 5.97 Å². The first-order valence-electron chi connectivity index (χ1n) is 8.74. The minimum Gasteiger partial charge on any atom is -0.469 e. The number of hydrogen-bond acceptors (Lipinski definition) is 7. The zero-order valence-corrected chi connectivity index (χ0v) is 16.9. The molecule has 0 fully saturated rings. The number of benzene rings is 1. The topological polar surface area (TPSA) is 105 Å². The molecule has 1 atom stereocenters. The van der Waals surface area contributed by atoms with E-state index in [2.05, 4.69) is 9.72 Å². The number of carbonyl (C=O) groups excluding carboxylic acids is 2. The van der Waals surface area contributed by atoms with Gasteiger partial charge < -0.3 is 9.64 Å². The number of nitriles is 1. The van der Waals surface area contributed by atoms with Crippen LogP contribution in [0.15, 0.2) is 34.2 Å². The zero-order chi connectivity index (χ0) is 20.7. The number of para-hydroxylation sites is 1. The molecule has 1 aromatic heterocycles. The van der Waals surface area contributed by atoms with E-state index in [0.29, 0.717) is 22.6 Å². The molecule has 0 aliphatic rings. The second-order valence-corrected chi connectivity index (χ2v) is 7.43. The summed E-state index contributed by atoms with van der Waals surface area (Å²) in [5, 5.41) is 8.98. The molecule has 0 aliphatic carbocycles. The highest BCUT2D eigenvalue weighted by Gasteiger charge is 2.22. The molecule has 28 heavy (non-hydrogen) atoms. The van der Waals surface area contributed by atoms with Gasteiger partial charge in [-0.05, 0) is 19.1 Å². The summed E-state index contributed by atoms with van der Waals surface area (Å²) in [7, 11) is 2.92. The van der Waals surface area contributed by atoms with E-state index in [0.717, 1.165) is 11.8 Å². The Morgan fingerprint density at radius 2 is 2.11 bits per heavy atom. The monoisotopic (exact) mass is 402 g/mol. The lowest BCUT2D eigenvalue weighted by molar-refractivity contribution is -0.140. The molecular weight excluding hydrogens is 380 g/mol. The number of aromatic nitrogens is 2. The summed E-state index contributed by atoms with van der Waals surface area (Å²) in [5.41, 5.74) is 0.260. The fraction of sp³-hybridized carbons (Fsp3) is 0.421. The summed E-state index contributed by atoms with van der Waals surface area (Å²) in [6.07, 6.45) is 0.270. The van der Waals surface area contributed by atoms with Gasteiger partial charge in [0.2, 0.25) is 5.91 Å². The average Bonchev–Trinajstić information content (AvgIpc) is 2.70. The molecular formula is C19H22N4O4S. The first-order valence-corrected chi connectivity index (χ1v) is 9.62. The van der Waals surface area contributed by atoms with Crippen molar-refractivity contribution < 1.29 is 14.3 Å². The van der Waals surface area contributed by atoms with Crippen molar-refractivity contribution in [1.82, 2.24) is 14.5 Å². The molecule has 0 saturated heterocycles. The Hall–Kier alpha value is -2.86. The minimum absolute atomic E-state index is 0.0222. The quantitative estimate of drug-likeness (QED) is 0.377. The maximum absolute atomic E-state index is 12.9. The summed E-state index contributed by atoms with van der Waals surface area (Å²) < 4.78 is 6.06. The Bertz CT molecular complexity index is 967. The number of nitrogens with zero attached hydrogens (tertiary/aromatic N) is 4. The number of hydrogen-bond donors (Lipinski definition) is 0. The van der Waals surface area contributed by atoms with Crippen LogP contribution in [0.1, 0.15) is 19.8 Å². The Morgan fingerprint density at radius 1 is 1.39 bits per heavy atom. The van der Waals surface area contributed by atoms with E-state index in [1.807, 2.05) is 6.07 Å². The molecule has 2 aromatic rings. The lowest BCUT2D eigenvalue weighted by atomic mass is 10.2. The molecule has 1 heterocycles. The van der Waals surface area contributed by atoms with E-state index in [1.54, 1.807) is 38.2 Å². The molecule has 9 heteroatoms. The van der Waals surface area contributed by atoms with Gasteiger partial charge in [-0.25, -0.2) is 4.98 Å². The van der Waals surface area contributed by atoms with Crippen molar-refractivity contribution >= 4 is 34.5 Å². The number of rotatable bonds is 8. The van der Waals surface area contributed by atoms with Crippen LogP contribution in [0.25, 0.3) is 10.9 Å². The van der Waals surface area contributed by atoms with Gasteiger partial charge in [0.1, 0.15) is 0 Å². The summed E-state index contributed by atoms with van der Waals surface area (Å²) in [5.74, 6) is -0.599. The molecule has 0 radical (unpaired) electrons. The van der Waals surface area contributed by atoms with Gasteiger partial charge in [-0.2, -0.15) is 5.26 Å². The van der Waals surface area contributed by atoms with E-state index in [-0.39, 0.29) is 30.9 Å². The Labute approximate surface area is 167 Å². The minimum atomic E-state index is -0.513. The van der Waals surface area contributed by atoms with Crippen molar-refractivity contribution in [2.75, 3.05) is 20.7 Å². The van der Waals surface area contributed by atoms with Crippen molar-refractivity contribution in [3.8, 4) is 6.07 Å². The lowest BCUT2D eigenvalue weighted by Crippen LogP contribution is -2.34. The maximum Gasteiger partial charge on any atom is 0.307 e. The van der Waals surface area contributed by atoms with Crippen LogP contribution in [-0.4, -0.2) is 52.3 Å². The van der Waals surface area contributed by atoms with Crippen LogP contribution in [0, 0.1) is 11.3 Å². The van der Waals surface area contributed by atoms with E-state index in [4.69, 9.17) is 5.26 Å². The number of carbonyl (C=O) groups is 2. The second kappa shape index (κ2) is 9.90. The third-order valence-corrected chi connectivity index (χ3v) is 5.24. The van der Waals surface area contributed by atoms with Gasteiger partial charge in [-0.1, -0.05) is 23.9 Å². The van der Waals surface area contributed by atoms with Crippen LogP contribution in [-0.2, 0) is 20.9 Å². The number of amides is 1. The predicted octanol–water partition coefficient (Wildman–Crippen LogP) is 1.81. The van der Waals surface area contributed by atoms with Crippen LogP contribution in [0.2, 0.25) is 0 Å². The highest BCUT2D eigenvalue weighted by Crippen LogP contribution is 2.24. The van der Waals surface area contributed by atoms with Crippen LogP contribution >= 0.6 is 11.8 Å². The third-order valence-electron chi connectivity index (χ3n) is 4.16. The smallest absolute Gasteiger partial charge is 0.307 e. The van der Waals surface area contributed by atoms with Gasteiger partial charge in [0.25, 0.3) is 5.56 Å². The number of fused-ring (bicyclic) bond motifs is 1. The Kier molecular flexibility index (Phi) is 7.58. The van der Waals surface area contributed by atoms with Crippen molar-refractivity contribution in [2.45, 2.75) is 36.7 Å².